The lowest BCUT2D eigenvalue weighted by Crippen LogP contribution is -2.23. The molecule has 1 aromatic carbocycles. The van der Waals surface area contributed by atoms with Gasteiger partial charge in [0.1, 0.15) is 0 Å². The SMILES string of the molecule is C/C=C(/C)n1c(=O)n(CCCl)c2ccccc21. The molecule has 0 radical (unpaired) electrons. The van der Waals surface area contributed by atoms with Crippen molar-refractivity contribution in [1.82, 2.24) is 9.13 Å². The van der Waals surface area contributed by atoms with Gasteiger partial charge < -0.3 is 0 Å². The van der Waals surface area contributed by atoms with Gasteiger partial charge in [0.15, 0.2) is 0 Å². The molecule has 90 valence electrons. The van der Waals surface area contributed by atoms with Gasteiger partial charge in [-0.25, -0.2) is 4.79 Å². The summed E-state index contributed by atoms with van der Waals surface area (Å²) in [7, 11) is 0. The summed E-state index contributed by atoms with van der Waals surface area (Å²) in [6.45, 7) is 4.39. The van der Waals surface area contributed by atoms with Crippen molar-refractivity contribution in [2.24, 2.45) is 0 Å². The summed E-state index contributed by atoms with van der Waals surface area (Å²) in [5.74, 6) is 0.433. The number of aryl methyl sites for hydroxylation is 1. The van der Waals surface area contributed by atoms with Gasteiger partial charge in [0.2, 0.25) is 0 Å². The lowest BCUT2D eigenvalue weighted by atomic mass is 10.3. The Labute approximate surface area is 105 Å². The van der Waals surface area contributed by atoms with Gasteiger partial charge in [0.25, 0.3) is 0 Å². The van der Waals surface area contributed by atoms with Crippen molar-refractivity contribution in [3.05, 3.63) is 40.8 Å². The van der Waals surface area contributed by atoms with Crippen molar-refractivity contribution in [2.45, 2.75) is 20.4 Å². The molecule has 3 nitrogen and oxygen atoms in total. The van der Waals surface area contributed by atoms with Gasteiger partial charge in [0.05, 0.1) is 11.0 Å². The Morgan fingerprint density at radius 2 is 2.00 bits per heavy atom. The highest BCUT2D eigenvalue weighted by atomic mass is 35.5. The fourth-order valence-corrected chi connectivity index (χ4v) is 2.15. The van der Waals surface area contributed by atoms with Crippen LogP contribution >= 0.6 is 11.6 Å². The van der Waals surface area contributed by atoms with Crippen LogP contribution in [0.5, 0.6) is 0 Å². The highest BCUT2D eigenvalue weighted by Crippen LogP contribution is 2.16. The van der Waals surface area contributed by atoms with Crippen LogP contribution in [-0.2, 0) is 6.54 Å². The molecule has 0 fully saturated rings. The number of halogens is 1. The van der Waals surface area contributed by atoms with Gasteiger partial charge in [-0.1, -0.05) is 18.2 Å². The molecule has 0 N–H and O–H groups in total. The van der Waals surface area contributed by atoms with Crippen molar-refractivity contribution in [1.29, 1.82) is 0 Å². The number of alkyl halides is 1. The van der Waals surface area contributed by atoms with Gasteiger partial charge in [-0.2, -0.15) is 0 Å². The zero-order valence-electron chi connectivity index (χ0n) is 9.98. The van der Waals surface area contributed by atoms with Gasteiger partial charge in [-0.15, -0.1) is 11.6 Å². The van der Waals surface area contributed by atoms with Crippen LogP contribution in [0.3, 0.4) is 0 Å². The largest absolute Gasteiger partial charge is 0.333 e. The van der Waals surface area contributed by atoms with E-state index in [1.165, 1.54) is 0 Å². The number of aromatic nitrogens is 2. The van der Waals surface area contributed by atoms with Crippen molar-refractivity contribution in [2.75, 3.05) is 5.88 Å². The minimum absolute atomic E-state index is 0.0255. The number of hydrogen-bond acceptors (Lipinski definition) is 1. The van der Waals surface area contributed by atoms with Crippen molar-refractivity contribution < 1.29 is 0 Å². The zero-order valence-corrected chi connectivity index (χ0v) is 10.7. The fourth-order valence-electron chi connectivity index (χ4n) is 1.98. The molecule has 0 spiro atoms. The van der Waals surface area contributed by atoms with E-state index in [1.807, 2.05) is 44.2 Å². The first-order valence-electron chi connectivity index (χ1n) is 5.60. The Balaban J connectivity index is 2.84. The van der Waals surface area contributed by atoms with Gasteiger partial charge >= 0.3 is 5.69 Å². The Morgan fingerprint density at radius 1 is 1.35 bits per heavy atom. The first kappa shape index (κ1) is 12.0. The monoisotopic (exact) mass is 250 g/mol. The number of rotatable bonds is 3. The summed E-state index contributed by atoms with van der Waals surface area (Å²) in [4.78, 5) is 12.3. The van der Waals surface area contributed by atoms with Crippen LogP contribution in [0.15, 0.2) is 35.1 Å². The van der Waals surface area contributed by atoms with Crippen LogP contribution in [0.4, 0.5) is 0 Å². The Morgan fingerprint density at radius 3 is 2.59 bits per heavy atom. The molecule has 4 heteroatoms. The standard InChI is InChI=1S/C13H15ClN2O/c1-3-10(2)16-12-7-5-4-6-11(12)15(9-8-14)13(16)17/h3-7H,8-9H2,1-2H3/b10-3-. The smallest absolute Gasteiger partial charge is 0.290 e. The molecule has 2 rings (SSSR count). The molecular formula is C13H15ClN2O. The molecule has 1 aromatic heterocycles. The number of nitrogens with zero attached hydrogens (tertiary/aromatic N) is 2. The molecule has 0 saturated carbocycles. The second-order valence-corrected chi connectivity index (χ2v) is 4.26. The summed E-state index contributed by atoms with van der Waals surface area (Å²) in [5, 5.41) is 0. The van der Waals surface area contributed by atoms with E-state index in [0.29, 0.717) is 12.4 Å². The van der Waals surface area contributed by atoms with Crippen LogP contribution < -0.4 is 5.69 Å². The highest BCUT2D eigenvalue weighted by Gasteiger charge is 2.12. The van der Waals surface area contributed by atoms with Crippen LogP contribution in [0.2, 0.25) is 0 Å². The Hall–Kier alpha value is -1.48. The quantitative estimate of drug-likeness (QED) is 0.770. The second kappa shape index (κ2) is 4.80. The second-order valence-electron chi connectivity index (χ2n) is 3.88. The van der Waals surface area contributed by atoms with Crippen LogP contribution in [0.25, 0.3) is 16.7 Å². The maximum atomic E-state index is 12.3. The third kappa shape index (κ3) is 1.91. The molecule has 0 atom stereocenters. The maximum absolute atomic E-state index is 12.3. The van der Waals surface area contributed by atoms with E-state index in [4.69, 9.17) is 11.6 Å². The minimum Gasteiger partial charge on any atom is -0.290 e. The minimum atomic E-state index is -0.0255. The Bertz CT molecular complexity index is 622. The number of hydrogen-bond donors (Lipinski definition) is 0. The third-order valence-electron chi connectivity index (χ3n) is 2.91. The van der Waals surface area contributed by atoms with Crippen LogP contribution in [0.1, 0.15) is 13.8 Å². The van der Waals surface area contributed by atoms with Gasteiger partial charge in [-0.3, -0.25) is 9.13 Å². The molecule has 2 aromatic rings. The van der Waals surface area contributed by atoms with E-state index in [9.17, 15) is 4.79 Å². The number of allylic oxidation sites excluding steroid dienone is 2. The maximum Gasteiger partial charge on any atom is 0.333 e. The summed E-state index contributed by atoms with van der Waals surface area (Å²) < 4.78 is 3.44. The van der Waals surface area contributed by atoms with E-state index in [2.05, 4.69) is 0 Å². The molecule has 1 heterocycles. The van der Waals surface area contributed by atoms with Crippen LogP contribution in [0, 0.1) is 0 Å². The number of fused-ring (bicyclic) bond motifs is 1. The molecule has 0 aliphatic heterocycles. The number of para-hydroxylation sites is 2. The predicted molar refractivity (Wildman–Crippen MR) is 72.5 cm³/mol. The molecule has 0 unspecified atom stereocenters. The molecule has 0 aliphatic carbocycles. The number of benzene rings is 1. The zero-order chi connectivity index (χ0) is 12.4. The lowest BCUT2D eigenvalue weighted by molar-refractivity contribution is 0.741. The van der Waals surface area contributed by atoms with E-state index in [0.717, 1.165) is 16.7 Å². The summed E-state index contributed by atoms with van der Waals surface area (Å²) in [6.07, 6.45) is 1.93. The lowest BCUT2D eigenvalue weighted by Gasteiger charge is -2.01. The molecule has 0 bridgehead atoms. The molecular weight excluding hydrogens is 236 g/mol. The summed E-state index contributed by atoms with van der Waals surface area (Å²) >= 11 is 5.75. The van der Waals surface area contributed by atoms with E-state index >= 15 is 0 Å². The van der Waals surface area contributed by atoms with Crippen LogP contribution in [-0.4, -0.2) is 15.0 Å². The average Bonchev–Trinajstić information content (AvgIpc) is 2.63. The Kier molecular flexibility index (Phi) is 3.38. The van der Waals surface area contributed by atoms with E-state index < -0.39 is 0 Å². The highest BCUT2D eigenvalue weighted by molar-refractivity contribution is 6.17. The molecule has 0 amide bonds. The summed E-state index contributed by atoms with van der Waals surface area (Å²) in [5.41, 5.74) is 2.76. The average molecular weight is 251 g/mol. The predicted octanol–water partition coefficient (Wildman–Crippen LogP) is 2.92. The van der Waals surface area contributed by atoms with Gasteiger partial charge in [0, 0.05) is 18.1 Å². The number of imidazole rings is 1. The van der Waals surface area contributed by atoms with E-state index in [-0.39, 0.29) is 5.69 Å². The summed E-state index contributed by atoms with van der Waals surface area (Å²) in [6, 6.07) is 7.77. The molecule has 17 heavy (non-hydrogen) atoms. The third-order valence-corrected chi connectivity index (χ3v) is 3.08. The fraction of sp³-hybridized carbons (Fsp3) is 0.308. The van der Waals surface area contributed by atoms with Crippen molar-refractivity contribution in [3.8, 4) is 0 Å². The molecule has 0 aliphatic rings. The molecule has 0 saturated heterocycles. The van der Waals surface area contributed by atoms with Crippen molar-refractivity contribution >= 4 is 28.3 Å². The first-order chi connectivity index (χ1) is 8.20. The first-order valence-corrected chi connectivity index (χ1v) is 6.13. The van der Waals surface area contributed by atoms with Gasteiger partial charge in [-0.05, 0) is 26.0 Å². The van der Waals surface area contributed by atoms with E-state index in [1.54, 1.807) is 9.13 Å². The van der Waals surface area contributed by atoms with Crippen molar-refractivity contribution in [3.63, 3.8) is 0 Å². The topological polar surface area (TPSA) is 26.9 Å². The normalized spacial score (nSPS) is 12.3.